The summed E-state index contributed by atoms with van der Waals surface area (Å²) in [5, 5.41) is 0. The van der Waals surface area contributed by atoms with Crippen LogP contribution in [0.1, 0.15) is 11.1 Å². The molecule has 0 atom stereocenters. The molecule has 5 aromatic rings. The molecule has 0 saturated heterocycles. The van der Waals surface area contributed by atoms with E-state index in [1.54, 1.807) is 7.11 Å². The molecule has 0 fully saturated rings. The Kier molecular flexibility index (Phi) is 4.02. The van der Waals surface area contributed by atoms with Gasteiger partial charge >= 0.3 is 0 Å². The number of aromatic nitrogens is 4. The molecule has 3 aromatic carbocycles. The average Bonchev–Trinajstić information content (AvgIpc) is 3.10. The van der Waals surface area contributed by atoms with Crippen LogP contribution in [0.15, 0.2) is 66.7 Å². The van der Waals surface area contributed by atoms with Gasteiger partial charge in [-0.15, -0.1) is 0 Å². The molecule has 29 heavy (non-hydrogen) atoms. The van der Waals surface area contributed by atoms with Gasteiger partial charge in [-0.1, -0.05) is 29.8 Å². The summed E-state index contributed by atoms with van der Waals surface area (Å²) in [5.74, 6) is 1.62. The first kappa shape index (κ1) is 17.4. The second-order valence-corrected chi connectivity index (χ2v) is 7.15. The van der Waals surface area contributed by atoms with Gasteiger partial charge in [-0.05, 0) is 61.9 Å². The predicted molar refractivity (Wildman–Crippen MR) is 116 cm³/mol. The molecule has 0 bridgehead atoms. The third-order valence-electron chi connectivity index (χ3n) is 5.11. The molecule has 0 spiro atoms. The van der Waals surface area contributed by atoms with Crippen molar-refractivity contribution in [2.24, 2.45) is 0 Å². The highest BCUT2D eigenvalue weighted by molar-refractivity contribution is 5.86. The van der Waals surface area contributed by atoms with Crippen molar-refractivity contribution in [2.75, 3.05) is 7.11 Å². The molecule has 0 aliphatic carbocycles. The van der Waals surface area contributed by atoms with E-state index in [1.807, 2.05) is 48.5 Å². The summed E-state index contributed by atoms with van der Waals surface area (Å²) in [6.45, 7) is 4.21. The molecule has 0 N–H and O–H groups in total. The number of nitrogens with zero attached hydrogens (tertiary/aromatic N) is 4. The van der Waals surface area contributed by atoms with E-state index >= 15 is 0 Å². The zero-order valence-corrected chi connectivity index (χ0v) is 16.5. The minimum Gasteiger partial charge on any atom is -0.497 e. The number of hydrogen-bond donors (Lipinski definition) is 0. The van der Waals surface area contributed by atoms with Gasteiger partial charge in [-0.3, -0.25) is 4.57 Å². The SMILES string of the molecule is COc1ccc(-c2nc3nc4ccccc4nc3n2-c2ccc(C)cc2C)cc1. The van der Waals surface area contributed by atoms with E-state index in [9.17, 15) is 0 Å². The van der Waals surface area contributed by atoms with Crippen LogP contribution in [-0.4, -0.2) is 26.6 Å². The highest BCUT2D eigenvalue weighted by Gasteiger charge is 2.18. The molecule has 0 saturated carbocycles. The predicted octanol–water partition coefficient (Wildman–Crippen LogP) is 5.26. The van der Waals surface area contributed by atoms with E-state index in [4.69, 9.17) is 19.7 Å². The number of methoxy groups -OCH3 is 1. The van der Waals surface area contributed by atoms with Crippen LogP contribution < -0.4 is 4.74 Å². The van der Waals surface area contributed by atoms with E-state index in [-0.39, 0.29) is 0 Å². The van der Waals surface area contributed by atoms with Crippen molar-refractivity contribution in [3.8, 4) is 22.8 Å². The molecule has 5 rings (SSSR count). The fourth-order valence-corrected chi connectivity index (χ4v) is 3.68. The topological polar surface area (TPSA) is 52.8 Å². The normalized spacial score (nSPS) is 11.3. The van der Waals surface area contributed by atoms with E-state index in [0.717, 1.165) is 45.1 Å². The largest absolute Gasteiger partial charge is 0.497 e. The van der Waals surface area contributed by atoms with Crippen molar-refractivity contribution in [3.63, 3.8) is 0 Å². The van der Waals surface area contributed by atoms with Crippen LogP contribution in [-0.2, 0) is 0 Å². The van der Waals surface area contributed by atoms with Gasteiger partial charge in [0.05, 0.1) is 23.8 Å². The van der Waals surface area contributed by atoms with Crippen molar-refractivity contribution < 1.29 is 4.74 Å². The fraction of sp³-hybridized carbons (Fsp3) is 0.125. The molecule has 142 valence electrons. The van der Waals surface area contributed by atoms with Gasteiger partial charge in [-0.2, -0.15) is 0 Å². The maximum Gasteiger partial charge on any atom is 0.199 e. The standard InChI is InChI=1S/C24H20N4O/c1-15-8-13-21(16(2)14-15)28-23(17-9-11-18(29-3)12-10-17)27-22-24(28)26-20-7-5-4-6-19(20)25-22/h4-14H,1-3H3. The Morgan fingerprint density at radius 3 is 2.21 bits per heavy atom. The summed E-state index contributed by atoms with van der Waals surface area (Å²) in [6.07, 6.45) is 0. The molecule has 0 aliphatic heterocycles. The molecule has 2 aromatic heterocycles. The van der Waals surface area contributed by atoms with Crippen molar-refractivity contribution in [1.29, 1.82) is 0 Å². The van der Waals surface area contributed by atoms with Crippen LogP contribution in [0.2, 0.25) is 0 Å². The Bertz CT molecular complexity index is 1350. The summed E-state index contributed by atoms with van der Waals surface area (Å²) in [4.78, 5) is 14.6. The molecule has 2 heterocycles. The van der Waals surface area contributed by atoms with Crippen LogP contribution in [0.4, 0.5) is 0 Å². The summed E-state index contributed by atoms with van der Waals surface area (Å²) in [7, 11) is 1.67. The summed E-state index contributed by atoms with van der Waals surface area (Å²) >= 11 is 0. The Morgan fingerprint density at radius 2 is 1.52 bits per heavy atom. The van der Waals surface area contributed by atoms with Gasteiger partial charge < -0.3 is 4.74 Å². The third-order valence-corrected chi connectivity index (χ3v) is 5.11. The first-order chi connectivity index (χ1) is 14.1. The Labute approximate surface area is 168 Å². The minimum atomic E-state index is 0.634. The van der Waals surface area contributed by atoms with E-state index in [1.165, 1.54) is 5.56 Å². The van der Waals surface area contributed by atoms with Crippen LogP contribution in [0.25, 0.3) is 39.4 Å². The molecule has 0 amide bonds. The van der Waals surface area contributed by atoms with Gasteiger partial charge in [0.15, 0.2) is 11.3 Å². The van der Waals surface area contributed by atoms with Crippen molar-refractivity contribution in [1.82, 2.24) is 19.5 Å². The van der Waals surface area contributed by atoms with Crippen molar-refractivity contribution in [3.05, 3.63) is 77.9 Å². The van der Waals surface area contributed by atoms with Gasteiger partial charge in [0.2, 0.25) is 0 Å². The van der Waals surface area contributed by atoms with Crippen LogP contribution in [0, 0.1) is 13.8 Å². The number of para-hydroxylation sites is 2. The van der Waals surface area contributed by atoms with Crippen LogP contribution >= 0.6 is 0 Å². The molecule has 0 aliphatic rings. The second kappa shape index (κ2) is 6.71. The van der Waals surface area contributed by atoms with E-state index in [0.29, 0.717) is 5.65 Å². The maximum absolute atomic E-state index is 5.31. The Hall–Kier alpha value is -3.73. The molecule has 0 unspecified atom stereocenters. The molecular formula is C24H20N4O. The zero-order valence-electron chi connectivity index (χ0n) is 16.5. The lowest BCUT2D eigenvalue weighted by atomic mass is 10.1. The molecular weight excluding hydrogens is 360 g/mol. The molecule has 5 heteroatoms. The highest BCUT2D eigenvalue weighted by atomic mass is 16.5. The van der Waals surface area contributed by atoms with Gasteiger partial charge in [0.25, 0.3) is 0 Å². The lowest BCUT2D eigenvalue weighted by Gasteiger charge is -2.13. The number of hydrogen-bond acceptors (Lipinski definition) is 4. The van der Waals surface area contributed by atoms with Crippen LogP contribution in [0.5, 0.6) is 5.75 Å². The number of ether oxygens (including phenoxy) is 1. The second-order valence-electron chi connectivity index (χ2n) is 7.15. The van der Waals surface area contributed by atoms with Crippen molar-refractivity contribution in [2.45, 2.75) is 13.8 Å². The Morgan fingerprint density at radius 1 is 0.793 bits per heavy atom. The van der Waals surface area contributed by atoms with Gasteiger partial charge in [0, 0.05) is 5.56 Å². The molecule has 5 nitrogen and oxygen atoms in total. The minimum absolute atomic E-state index is 0.634. The number of rotatable bonds is 3. The first-order valence-electron chi connectivity index (χ1n) is 9.51. The maximum atomic E-state index is 5.31. The van der Waals surface area contributed by atoms with E-state index < -0.39 is 0 Å². The highest BCUT2D eigenvalue weighted by Crippen LogP contribution is 2.30. The number of imidazole rings is 1. The summed E-state index contributed by atoms with van der Waals surface area (Å²) < 4.78 is 7.41. The summed E-state index contributed by atoms with van der Waals surface area (Å²) in [6, 6.07) is 22.2. The van der Waals surface area contributed by atoms with Crippen molar-refractivity contribution >= 4 is 22.3 Å². The monoisotopic (exact) mass is 380 g/mol. The fourth-order valence-electron chi connectivity index (χ4n) is 3.68. The first-order valence-corrected chi connectivity index (χ1v) is 9.51. The zero-order chi connectivity index (χ0) is 20.0. The van der Waals surface area contributed by atoms with Crippen LogP contribution in [0.3, 0.4) is 0 Å². The Balaban J connectivity index is 1.85. The number of benzene rings is 3. The average molecular weight is 380 g/mol. The smallest absolute Gasteiger partial charge is 0.199 e. The van der Waals surface area contributed by atoms with Gasteiger partial charge in [-0.25, -0.2) is 15.0 Å². The quantitative estimate of drug-likeness (QED) is 0.428. The van der Waals surface area contributed by atoms with E-state index in [2.05, 4.69) is 36.6 Å². The summed E-state index contributed by atoms with van der Waals surface area (Å²) in [5.41, 5.74) is 7.49. The lowest BCUT2D eigenvalue weighted by molar-refractivity contribution is 0.415. The number of aryl methyl sites for hydroxylation is 2. The lowest BCUT2D eigenvalue weighted by Crippen LogP contribution is -2.02. The third kappa shape index (κ3) is 2.91. The number of fused-ring (bicyclic) bond motifs is 2. The molecule has 0 radical (unpaired) electrons. The van der Waals surface area contributed by atoms with Gasteiger partial charge in [0.1, 0.15) is 11.6 Å².